The minimum Gasteiger partial charge on any atom is -0.459 e. The Morgan fingerprint density at radius 2 is 1.62 bits per heavy atom. The van der Waals surface area contributed by atoms with E-state index in [-0.39, 0.29) is 37.3 Å². The molecule has 3 rings (SSSR count). The minimum absolute atomic E-state index is 0.0764. The molecule has 3 fully saturated rings. The zero-order valence-electron chi connectivity index (χ0n) is 35.1. The van der Waals surface area contributed by atoms with Crippen molar-refractivity contribution in [2.75, 3.05) is 34.8 Å². The number of esters is 1. The van der Waals surface area contributed by atoms with Gasteiger partial charge in [-0.15, -0.1) is 0 Å². The van der Waals surface area contributed by atoms with Crippen molar-refractivity contribution < 1.29 is 60.1 Å². The highest BCUT2D eigenvalue weighted by Gasteiger charge is 2.52. The molecule has 52 heavy (non-hydrogen) atoms. The predicted molar refractivity (Wildman–Crippen MR) is 194 cm³/mol. The number of nitrogens with zero attached hydrogens (tertiary/aromatic N) is 2. The number of ether oxygens (including phenoxy) is 6. The Morgan fingerprint density at radius 3 is 2.17 bits per heavy atom. The third-order valence-electron chi connectivity index (χ3n) is 12.0. The first-order valence-electron chi connectivity index (χ1n) is 19.5. The minimum atomic E-state index is -2.12. The van der Waals surface area contributed by atoms with Crippen molar-refractivity contribution >= 4 is 5.97 Å². The van der Waals surface area contributed by atoms with Crippen molar-refractivity contribution in [1.82, 2.24) is 9.80 Å². The molecule has 3 saturated heterocycles. The molecule has 0 saturated carbocycles. The first-order chi connectivity index (χ1) is 24.2. The number of methoxy groups -OCH3 is 1. The average Bonchev–Trinajstić information content (AvgIpc) is 3.06. The number of cyclic esters (lactones) is 1. The molecule has 3 heterocycles. The lowest BCUT2D eigenvalue weighted by Crippen LogP contribution is -2.60. The Hall–Kier alpha value is -1.01. The van der Waals surface area contributed by atoms with Crippen LogP contribution in [0.4, 0.5) is 0 Å². The fourth-order valence-electron chi connectivity index (χ4n) is 8.60. The molecule has 0 aromatic heterocycles. The zero-order chi connectivity index (χ0) is 40.6. The highest BCUT2D eigenvalue weighted by Crippen LogP contribution is 2.40. The van der Waals surface area contributed by atoms with E-state index in [9.17, 15) is 30.3 Å². The van der Waals surface area contributed by atoms with Crippen molar-refractivity contribution in [3.8, 4) is 0 Å². The van der Waals surface area contributed by atoms with Crippen LogP contribution in [0.3, 0.4) is 0 Å². The SMILES string of the molecule is [2H]C1(O)C(C)OC(O[C@H]2[C@H](C)[C@@H](OC3OC(C)CC(N(C)C)C3O)[C@](C)(O)C[C@@H](C)CN(C)[C@H](C)[C@@H](O)[C@](C)(O)[C@@H](CC)OC(=O)[C@@H]2C)CC1(C)OC. The molecule has 18 atom stereocenters. The number of aliphatic hydroxyl groups excluding tert-OH is 2. The summed E-state index contributed by atoms with van der Waals surface area (Å²) in [6.45, 7) is 17.5. The first-order valence-corrected chi connectivity index (χ1v) is 19.0. The fourth-order valence-corrected chi connectivity index (χ4v) is 8.60. The molecule has 0 radical (unpaired) electrons. The van der Waals surface area contributed by atoms with Gasteiger partial charge in [-0.05, 0) is 94.8 Å². The Morgan fingerprint density at radius 1 is 1.00 bits per heavy atom. The van der Waals surface area contributed by atoms with Crippen LogP contribution in [0, 0.1) is 17.8 Å². The Bertz CT molecular complexity index is 1190. The molecule has 306 valence electrons. The van der Waals surface area contributed by atoms with Gasteiger partial charge in [-0.3, -0.25) is 4.79 Å². The van der Waals surface area contributed by atoms with Crippen LogP contribution in [-0.2, 0) is 33.2 Å². The summed E-state index contributed by atoms with van der Waals surface area (Å²) in [6, 6.07) is -0.847. The maximum atomic E-state index is 14.2. The summed E-state index contributed by atoms with van der Waals surface area (Å²) < 4.78 is 45.9. The second-order valence-electron chi connectivity index (χ2n) is 17.0. The van der Waals surface area contributed by atoms with Gasteiger partial charge in [0.15, 0.2) is 12.6 Å². The average molecular weight is 750 g/mol. The first kappa shape index (κ1) is 43.7. The molecule has 0 amide bonds. The predicted octanol–water partition coefficient (Wildman–Crippen LogP) is 1.90. The Kier molecular flexibility index (Phi) is 15.0. The number of likely N-dealkylation sites (N-methyl/N-ethyl adjacent to an activating group) is 2. The van der Waals surface area contributed by atoms with Gasteiger partial charge in [-0.1, -0.05) is 20.8 Å². The topological polar surface area (TPSA) is 180 Å². The highest BCUT2D eigenvalue weighted by atomic mass is 16.7. The van der Waals surface area contributed by atoms with E-state index >= 15 is 0 Å². The van der Waals surface area contributed by atoms with E-state index in [1.807, 2.05) is 44.8 Å². The molecule has 3 aliphatic rings. The van der Waals surface area contributed by atoms with Crippen molar-refractivity contribution in [2.24, 2.45) is 17.8 Å². The highest BCUT2D eigenvalue weighted by molar-refractivity contribution is 5.73. The third kappa shape index (κ3) is 10.0. The molecular weight excluding hydrogens is 676 g/mol. The van der Waals surface area contributed by atoms with Crippen LogP contribution < -0.4 is 0 Å². The molecule has 5 N–H and O–H groups in total. The summed E-state index contributed by atoms with van der Waals surface area (Å²) in [7, 11) is 6.97. The van der Waals surface area contributed by atoms with Gasteiger partial charge in [0.05, 0.1) is 42.9 Å². The molecule has 0 spiro atoms. The largest absolute Gasteiger partial charge is 0.459 e. The van der Waals surface area contributed by atoms with Gasteiger partial charge < -0.3 is 63.8 Å². The molecule has 0 aliphatic carbocycles. The zero-order valence-corrected chi connectivity index (χ0v) is 34.1. The lowest BCUT2D eigenvalue weighted by atomic mass is 9.77. The number of hydrogen-bond acceptors (Lipinski definition) is 14. The van der Waals surface area contributed by atoms with Gasteiger partial charge in [0.25, 0.3) is 0 Å². The van der Waals surface area contributed by atoms with Crippen molar-refractivity contribution in [3.05, 3.63) is 0 Å². The van der Waals surface area contributed by atoms with Crippen LogP contribution in [0.5, 0.6) is 0 Å². The number of carbonyl (C=O) groups excluding carboxylic acids is 1. The molecular formula is C38H72N2O12. The van der Waals surface area contributed by atoms with Crippen LogP contribution in [0.1, 0.15) is 96.3 Å². The van der Waals surface area contributed by atoms with Crippen LogP contribution in [0.2, 0.25) is 0 Å². The lowest BCUT2D eigenvalue weighted by molar-refractivity contribution is -0.318. The third-order valence-corrected chi connectivity index (χ3v) is 12.0. The van der Waals surface area contributed by atoms with Crippen LogP contribution >= 0.6 is 0 Å². The number of carbonyl (C=O) groups is 1. The maximum absolute atomic E-state index is 14.2. The number of rotatable bonds is 7. The van der Waals surface area contributed by atoms with E-state index in [0.717, 1.165) is 0 Å². The van der Waals surface area contributed by atoms with E-state index in [1.54, 1.807) is 41.5 Å². The monoisotopic (exact) mass is 750 g/mol. The van der Waals surface area contributed by atoms with Crippen molar-refractivity contribution in [2.45, 2.75) is 185 Å². The van der Waals surface area contributed by atoms with E-state index in [2.05, 4.69) is 0 Å². The molecule has 0 bridgehead atoms. The summed E-state index contributed by atoms with van der Waals surface area (Å²) in [4.78, 5) is 18.0. The molecule has 8 unspecified atom stereocenters. The van der Waals surface area contributed by atoms with E-state index in [4.69, 9.17) is 29.8 Å². The summed E-state index contributed by atoms with van der Waals surface area (Å²) >= 11 is 0. The quantitative estimate of drug-likeness (QED) is 0.238. The normalized spacial score (nSPS) is 51.3. The Balaban J connectivity index is 2.19. The van der Waals surface area contributed by atoms with Crippen LogP contribution in [-0.4, -0.2) is 166 Å². The van der Waals surface area contributed by atoms with Gasteiger partial charge in [-0.2, -0.15) is 0 Å². The summed E-state index contributed by atoms with van der Waals surface area (Å²) in [5, 5.41) is 58.3. The smallest absolute Gasteiger partial charge is 0.311 e. The van der Waals surface area contributed by atoms with Gasteiger partial charge in [-0.25, -0.2) is 0 Å². The summed E-state index contributed by atoms with van der Waals surface area (Å²) in [6.07, 6.45) is -10.4. The maximum Gasteiger partial charge on any atom is 0.311 e. The number of aliphatic hydroxyl groups is 5. The second kappa shape index (κ2) is 17.8. The molecule has 0 aromatic carbocycles. The second-order valence-corrected chi connectivity index (χ2v) is 17.0. The summed E-state index contributed by atoms with van der Waals surface area (Å²) in [5.74, 6) is -2.76. The van der Waals surface area contributed by atoms with Gasteiger partial charge in [0.1, 0.15) is 30.0 Å². The molecule has 3 aliphatic heterocycles. The lowest BCUT2D eigenvalue weighted by Gasteiger charge is -2.48. The van der Waals surface area contributed by atoms with Crippen LogP contribution in [0.15, 0.2) is 0 Å². The van der Waals surface area contributed by atoms with E-state index < -0.39 is 95.9 Å². The van der Waals surface area contributed by atoms with Gasteiger partial charge >= 0.3 is 5.97 Å². The van der Waals surface area contributed by atoms with E-state index in [0.29, 0.717) is 13.0 Å². The van der Waals surface area contributed by atoms with Gasteiger partial charge in [0, 0.05) is 38.1 Å². The molecule has 14 nitrogen and oxygen atoms in total. The molecule has 14 heteroatoms. The Labute approximate surface area is 313 Å². The van der Waals surface area contributed by atoms with Gasteiger partial charge in [0.2, 0.25) is 0 Å². The van der Waals surface area contributed by atoms with E-state index in [1.165, 1.54) is 21.0 Å². The van der Waals surface area contributed by atoms with Crippen molar-refractivity contribution in [3.63, 3.8) is 0 Å². The standard InChI is InChI=1S/C38H72N2O12/c1-15-27-38(10,46)31(42)24(6)40(13)19-20(2)17-36(8,45)33(52-35-29(41)26(39(11)12)16-21(3)48-35)22(4)30(23(5)34(44)50-27)51-28-18-37(9,47-14)32(43)25(7)49-28/h20-33,35,41-43,45-46H,15-19H2,1-14H3/t20-,21?,22+,23-,24-,25?,26?,27-,28?,29?,30+,31-,32?,33-,35?,36-,37?,38-/m1/s1/i32D. The number of hydrogen-bond donors (Lipinski definition) is 5. The van der Waals surface area contributed by atoms with Crippen molar-refractivity contribution in [1.29, 1.82) is 0 Å². The molecule has 0 aromatic rings. The van der Waals surface area contributed by atoms with Crippen LogP contribution in [0.25, 0.3) is 0 Å². The summed E-state index contributed by atoms with van der Waals surface area (Å²) in [5.41, 5.74) is -4.83. The fraction of sp³-hybridized carbons (Fsp3) is 0.974.